The molecule has 0 aromatic heterocycles. The van der Waals surface area contributed by atoms with Crippen LogP contribution in [0.15, 0.2) is 24.3 Å². The normalized spacial score (nSPS) is 14.6. The Morgan fingerprint density at radius 1 is 1.22 bits per heavy atom. The largest absolute Gasteiger partial charge is 0.497 e. The smallest absolute Gasteiger partial charge is 0.119 e. The van der Waals surface area contributed by atoms with Gasteiger partial charge in [0.15, 0.2) is 0 Å². The van der Waals surface area contributed by atoms with Crippen LogP contribution in [0.1, 0.15) is 38.9 Å². The van der Waals surface area contributed by atoms with Crippen LogP contribution in [0.3, 0.4) is 0 Å². The van der Waals surface area contributed by atoms with Crippen LogP contribution in [0.4, 0.5) is 0 Å². The molecule has 18 heavy (non-hydrogen) atoms. The Kier molecular flexibility index (Phi) is 6.16. The van der Waals surface area contributed by atoms with Gasteiger partial charge in [-0.3, -0.25) is 0 Å². The second-order valence-electron chi connectivity index (χ2n) is 5.11. The lowest BCUT2D eigenvalue weighted by Crippen LogP contribution is -2.27. The second-order valence-corrected chi connectivity index (χ2v) is 5.11. The Balaban J connectivity index is 2.71. The quantitative estimate of drug-likeness (QED) is 0.809. The van der Waals surface area contributed by atoms with Gasteiger partial charge in [0.2, 0.25) is 0 Å². The number of hydrogen-bond acceptors (Lipinski definition) is 3. The minimum atomic E-state index is -0.0705. The Labute approximate surface area is 110 Å². The summed E-state index contributed by atoms with van der Waals surface area (Å²) in [5.41, 5.74) is 7.09. The topological polar surface area (TPSA) is 44.5 Å². The molecule has 3 heteroatoms. The fraction of sp³-hybridized carbons (Fsp3) is 0.600. The van der Waals surface area contributed by atoms with Crippen LogP contribution < -0.4 is 10.5 Å². The molecule has 0 radical (unpaired) electrons. The van der Waals surface area contributed by atoms with Gasteiger partial charge in [0.25, 0.3) is 0 Å². The number of rotatable bonds is 7. The van der Waals surface area contributed by atoms with Gasteiger partial charge >= 0.3 is 0 Å². The Morgan fingerprint density at radius 2 is 1.94 bits per heavy atom. The molecule has 0 spiro atoms. The Hall–Kier alpha value is -1.06. The number of methoxy groups -OCH3 is 1. The maximum Gasteiger partial charge on any atom is 0.119 e. The van der Waals surface area contributed by atoms with E-state index in [9.17, 15) is 0 Å². The first-order valence-electron chi connectivity index (χ1n) is 6.55. The molecule has 0 aliphatic heterocycles. The van der Waals surface area contributed by atoms with E-state index in [1.165, 1.54) is 0 Å². The van der Waals surface area contributed by atoms with Gasteiger partial charge in [0.1, 0.15) is 5.75 Å². The molecule has 3 nitrogen and oxygen atoms in total. The molecule has 0 amide bonds. The van der Waals surface area contributed by atoms with E-state index in [4.69, 9.17) is 15.2 Å². The monoisotopic (exact) mass is 251 g/mol. The molecule has 0 heterocycles. The highest BCUT2D eigenvalue weighted by atomic mass is 16.5. The number of nitrogens with two attached hydrogens (primary N) is 1. The summed E-state index contributed by atoms with van der Waals surface area (Å²) < 4.78 is 11.2. The van der Waals surface area contributed by atoms with Crippen LogP contribution in [0.25, 0.3) is 0 Å². The van der Waals surface area contributed by atoms with Gasteiger partial charge in [-0.2, -0.15) is 0 Å². The van der Waals surface area contributed by atoms with Crippen molar-refractivity contribution in [3.05, 3.63) is 29.8 Å². The van der Waals surface area contributed by atoms with Crippen molar-refractivity contribution in [2.75, 3.05) is 13.7 Å². The van der Waals surface area contributed by atoms with Crippen molar-refractivity contribution < 1.29 is 9.47 Å². The SMILES string of the molecule is COc1cccc(C(OCCC(C)C)C(C)N)c1. The maximum absolute atomic E-state index is 6.01. The van der Waals surface area contributed by atoms with E-state index >= 15 is 0 Å². The van der Waals surface area contributed by atoms with Gasteiger partial charge in [-0.15, -0.1) is 0 Å². The molecule has 2 unspecified atom stereocenters. The second kappa shape index (κ2) is 7.39. The van der Waals surface area contributed by atoms with E-state index in [0.717, 1.165) is 24.3 Å². The highest BCUT2D eigenvalue weighted by molar-refractivity contribution is 5.30. The molecule has 102 valence electrons. The van der Waals surface area contributed by atoms with Crippen LogP contribution in [0.5, 0.6) is 5.75 Å². The summed E-state index contributed by atoms with van der Waals surface area (Å²) in [6, 6.07) is 7.88. The zero-order valence-corrected chi connectivity index (χ0v) is 11.8. The summed E-state index contributed by atoms with van der Waals surface area (Å²) in [6.45, 7) is 7.09. The molecular formula is C15H25NO2. The Bertz CT molecular complexity index is 350. The molecule has 2 N–H and O–H groups in total. The molecule has 0 saturated heterocycles. The molecule has 1 aromatic carbocycles. The summed E-state index contributed by atoms with van der Waals surface area (Å²) in [7, 11) is 1.67. The summed E-state index contributed by atoms with van der Waals surface area (Å²) >= 11 is 0. The summed E-state index contributed by atoms with van der Waals surface area (Å²) in [5, 5.41) is 0. The third-order valence-corrected chi connectivity index (χ3v) is 2.89. The van der Waals surface area contributed by atoms with E-state index in [0.29, 0.717) is 5.92 Å². The minimum Gasteiger partial charge on any atom is -0.497 e. The van der Waals surface area contributed by atoms with E-state index in [1.807, 2.05) is 31.2 Å². The summed E-state index contributed by atoms with van der Waals surface area (Å²) in [6.07, 6.45) is 0.978. The molecule has 0 aliphatic rings. The first kappa shape index (κ1) is 15.0. The lowest BCUT2D eigenvalue weighted by Gasteiger charge is -2.22. The molecular weight excluding hydrogens is 226 g/mol. The van der Waals surface area contributed by atoms with Crippen molar-refractivity contribution >= 4 is 0 Å². The molecule has 0 saturated carbocycles. The standard InChI is InChI=1S/C15H25NO2/c1-11(2)8-9-18-15(12(3)16)13-6-5-7-14(10-13)17-4/h5-7,10-12,15H,8-9,16H2,1-4H3. The fourth-order valence-electron chi connectivity index (χ4n) is 1.80. The maximum atomic E-state index is 6.01. The fourth-order valence-corrected chi connectivity index (χ4v) is 1.80. The Morgan fingerprint density at radius 3 is 2.50 bits per heavy atom. The first-order chi connectivity index (χ1) is 8.54. The molecule has 1 aromatic rings. The number of hydrogen-bond donors (Lipinski definition) is 1. The first-order valence-corrected chi connectivity index (χ1v) is 6.55. The van der Waals surface area contributed by atoms with Crippen LogP contribution in [-0.2, 0) is 4.74 Å². The summed E-state index contributed by atoms with van der Waals surface area (Å²) in [4.78, 5) is 0. The van der Waals surface area contributed by atoms with Gasteiger partial charge < -0.3 is 15.2 Å². The summed E-state index contributed by atoms with van der Waals surface area (Å²) in [5.74, 6) is 1.48. The van der Waals surface area contributed by atoms with Crippen molar-refractivity contribution in [2.24, 2.45) is 11.7 Å². The van der Waals surface area contributed by atoms with Crippen LogP contribution in [0.2, 0.25) is 0 Å². The third-order valence-electron chi connectivity index (χ3n) is 2.89. The highest BCUT2D eigenvalue weighted by Gasteiger charge is 2.17. The molecule has 1 rings (SSSR count). The van der Waals surface area contributed by atoms with Gasteiger partial charge in [-0.05, 0) is 37.0 Å². The average molecular weight is 251 g/mol. The minimum absolute atomic E-state index is 0.0377. The third kappa shape index (κ3) is 4.67. The van der Waals surface area contributed by atoms with Crippen LogP contribution in [-0.4, -0.2) is 19.8 Å². The molecule has 0 bridgehead atoms. The molecule has 0 fully saturated rings. The van der Waals surface area contributed by atoms with Crippen molar-refractivity contribution in [1.29, 1.82) is 0 Å². The van der Waals surface area contributed by atoms with Crippen LogP contribution in [0, 0.1) is 5.92 Å². The highest BCUT2D eigenvalue weighted by Crippen LogP contribution is 2.24. The lowest BCUT2D eigenvalue weighted by molar-refractivity contribution is 0.0320. The van der Waals surface area contributed by atoms with Gasteiger partial charge in [-0.1, -0.05) is 26.0 Å². The molecule has 2 atom stereocenters. The predicted octanol–water partition coefficient (Wildman–Crippen LogP) is 3.15. The van der Waals surface area contributed by atoms with E-state index in [1.54, 1.807) is 7.11 Å². The van der Waals surface area contributed by atoms with Crippen molar-refractivity contribution in [1.82, 2.24) is 0 Å². The lowest BCUT2D eigenvalue weighted by atomic mass is 10.0. The van der Waals surface area contributed by atoms with E-state index in [-0.39, 0.29) is 12.1 Å². The van der Waals surface area contributed by atoms with Crippen LogP contribution >= 0.6 is 0 Å². The van der Waals surface area contributed by atoms with Gasteiger partial charge in [0, 0.05) is 12.6 Å². The average Bonchev–Trinajstić information content (AvgIpc) is 2.34. The van der Waals surface area contributed by atoms with E-state index < -0.39 is 0 Å². The zero-order chi connectivity index (χ0) is 13.5. The van der Waals surface area contributed by atoms with Gasteiger partial charge in [0.05, 0.1) is 13.2 Å². The van der Waals surface area contributed by atoms with Crippen molar-refractivity contribution in [2.45, 2.75) is 39.3 Å². The number of benzene rings is 1. The van der Waals surface area contributed by atoms with Crippen molar-refractivity contribution in [3.63, 3.8) is 0 Å². The molecule has 0 aliphatic carbocycles. The van der Waals surface area contributed by atoms with E-state index in [2.05, 4.69) is 13.8 Å². The zero-order valence-electron chi connectivity index (χ0n) is 11.8. The number of ether oxygens (including phenoxy) is 2. The predicted molar refractivity (Wildman–Crippen MR) is 74.8 cm³/mol. The van der Waals surface area contributed by atoms with Gasteiger partial charge in [-0.25, -0.2) is 0 Å². The van der Waals surface area contributed by atoms with Crippen molar-refractivity contribution in [3.8, 4) is 5.75 Å².